The minimum absolute atomic E-state index is 0.168. The molecule has 0 saturated heterocycles. The molecule has 0 aliphatic carbocycles. The summed E-state index contributed by atoms with van der Waals surface area (Å²) in [4.78, 5) is 0. The van der Waals surface area contributed by atoms with Crippen LogP contribution in [0.15, 0.2) is 24.4 Å². The smallest absolute Gasteiger partial charge is 0.0964 e. The Kier molecular flexibility index (Phi) is 4.22. The summed E-state index contributed by atoms with van der Waals surface area (Å²) in [5.41, 5.74) is 2.00. The molecule has 0 radical (unpaired) electrons. The van der Waals surface area contributed by atoms with Gasteiger partial charge in [0.1, 0.15) is 0 Å². The molecule has 1 heterocycles. The summed E-state index contributed by atoms with van der Waals surface area (Å²) in [5.74, 6) is 0. The molecule has 1 N–H and O–H groups in total. The van der Waals surface area contributed by atoms with Crippen molar-refractivity contribution in [2.24, 2.45) is 7.05 Å². The molecule has 6 heteroatoms. The van der Waals surface area contributed by atoms with Gasteiger partial charge in [-0.3, -0.25) is 4.68 Å². The van der Waals surface area contributed by atoms with Crippen molar-refractivity contribution in [3.05, 3.63) is 45.7 Å². The highest BCUT2D eigenvalue weighted by molar-refractivity contribution is 6.42. The normalized spacial score (nSPS) is 12.7. The first kappa shape index (κ1) is 13.3. The van der Waals surface area contributed by atoms with Gasteiger partial charge in [0.15, 0.2) is 0 Å². The van der Waals surface area contributed by atoms with Gasteiger partial charge in [-0.2, -0.15) is 0 Å². The minimum atomic E-state index is 0.168. The number of hydrogen-bond donors (Lipinski definition) is 1. The predicted molar refractivity (Wildman–Crippen MR) is 72.7 cm³/mol. The molecular formula is C12H14Cl2N4. The zero-order chi connectivity index (χ0) is 13.1. The summed E-state index contributed by atoms with van der Waals surface area (Å²) >= 11 is 11.9. The highest BCUT2D eigenvalue weighted by Crippen LogP contribution is 2.25. The summed E-state index contributed by atoms with van der Waals surface area (Å²) in [6.07, 6.45) is 1.88. The van der Waals surface area contributed by atoms with E-state index in [1.165, 1.54) is 0 Å². The summed E-state index contributed by atoms with van der Waals surface area (Å²) in [7, 11) is 1.85. The van der Waals surface area contributed by atoms with Gasteiger partial charge in [-0.05, 0) is 24.6 Å². The molecule has 0 saturated carbocycles. The van der Waals surface area contributed by atoms with Crippen molar-refractivity contribution in [3.63, 3.8) is 0 Å². The van der Waals surface area contributed by atoms with E-state index in [2.05, 4.69) is 22.6 Å². The molecule has 0 bridgehead atoms. The Morgan fingerprint density at radius 1 is 1.33 bits per heavy atom. The molecule has 96 valence electrons. The van der Waals surface area contributed by atoms with E-state index in [4.69, 9.17) is 23.2 Å². The molecule has 1 aromatic heterocycles. The number of nitrogens with zero attached hydrogens (tertiary/aromatic N) is 3. The van der Waals surface area contributed by atoms with Crippen molar-refractivity contribution in [2.75, 3.05) is 0 Å². The van der Waals surface area contributed by atoms with E-state index < -0.39 is 0 Å². The molecule has 0 aliphatic rings. The van der Waals surface area contributed by atoms with Crippen LogP contribution in [0.2, 0.25) is 10.0 Å². The lowest BCUT2D eigenvalue weighted by Gasteiger charge is -2.13. The van der Waals surface area contributed by atoms with Crippen molar-refractivity contribution < 1.29 is 0 Å². The maximum absolute atomic E-state index is 5.99. The van der Waals surface area contributed by atoms with E-state index in [9.17, 15) is 0 Å². The minimum Gasteiger partial charge on any atom is -0.304 e. The van der Waals surface area contributed by atoms with Crippen molar-refractivity contribution >= 4 is 23.2 Å². The molecule has 2 aromatic rings. The molecule has 1 atom stereocenters. The number of benzene rings is 1. The Morgan fingerprint density at radius 3 is 2.72 bits per heavy atom. The highest BCUT2D eigenvalue weighted by atomic mass is 35.5. The van der Waals surface area contributed by atoms with Gasteiger partial charge in [0.25, 0.3) is 0 Å². The molecule has 1 aromatic carbocycles. The van der Waals surface area contributed by atoms with Crippen LogP contribution in [-0.4, -0.2) is 15.0 Å². The van der Waals surface area contributed by atoms with Crippen molar-refractivity contribution in [1.82, 2.24) is 20.3 Å². The Bertz CT molecular complexity index is 539. The third kappa shape index (κ3) is 3.22. The first-order valence-corrected chi connectivity index (χ1v) is 6.35. The lowest BCUT2D eigenvalue weighted by molar-refractivity contribution is 0.567. The average molecular weight is 285 g/mol. The molecule has 0 amide bonds. The molecule has 18 heavy (non-hydrogen) atoms. The van der Waals surface area contributed by atoms with Gasteiger partial charge in [0.05, 0.1) is 15.7 Å². The fourth-order valence-corrected chi connectivity index (χ4v) is 1.94. The molecule has 0 spiro atoms. The Hall–Kier alpha value is -1.10. The first-order valence-electron chi connectivity index (χ1n) is 5.60. The van der Waals surface area contributed by atoms with E-state index in [0.717, 1.165) is 11.3 Å². The number of rotatable bonds is 4. The zero-order valence-corrected chi connectivity index (χ0v) is 11.7. The fraction of sp³-hybridized carbons (Fsp3) is 0.333. The maximum Gasteiger partial charge on any atom is 0.0964 e. The fourth-order valence-electron chi connectivity index (χ4n) is 1.63. The number of aryl methyl sites for hydroxylation is 1. The maximum atomic E-state index is 5.99. The van der Waals surface area contributed by atoms with Crippen LogP contribution < -0.4 is 5.32 Å². The van der Waals surface area contributed by atoms with E-state index in [0.29, 0.717) is 16.6 Å². The Labute approximate surface area is 116 Å². The van der Waals surface area contributed by atoms with Gasteiger partial charge in [-0.25, -0.2) is 0 Å². The van der Waals surface area contributed by atoms with Gasteiger partial charge in [0, 0.05) is 25.8 Å². The van der Waals surface area contributed by atoms with E-state index >= 15 is 0 Å². The topological polar surface area (TPSA) is 42.7 Å². The standard InChI is InChI=1S/C12H14Cl2N4/c1-8(9-3-4-11(13)12(14)5-9)15-6-10-7-18(2)17-16-10/h3-5,7-8,15H,6H2,1-2H3. The first-order chi connectivity index (χ1) is 8.56. The van der Waals surface area contributed by atoms with Crippen molar-refractivity contribution in [3.8, 4) is 0 Å². The van der Waals surface area contributed by atoms with Gasteiger partial charge < -0.3 is 5.32 Å². The number of nitrogens with one attached hydrogen (secondary N) is 1. The third-order valence-corrected chi connectivity index (χ3v) is 3.42. The second-order valence-corrected chi connectivity index (χ2v) is 4.97. The largest absolute Gasteiger partial charge is 0.304 e. The molecule has 2 rings (SSSR count). The van der Waals surface area contributed by atoms with E-state index in [-0.39, 0.29) is 6.04 Å². The summed E-state index contributed by atoms with van der Waals surface area (Å²) in [6.45, 7) is 2.73. The Morgan fingerprint density at radius 2 is 2.11 bits per heavy atom. The molecule has 4 nitrogen and oxygen atoms in total. The van der Waals surface area contributed by atoms with Crippen LogP contribution in [0.4, 0.5) is 0 Å². The Balaban J connectivity index is 1.99. The quantitative estimate of drug-likeness (QED) is 0.939. The van der Waals surface area contributed by atoms with Gasteiger partial charge in [0.2, 0.25) is 0 Å². The van der Waals surface area contributed by atoms with Gasteiger partial charge in [-0.15, -0.1) is 5.10 Å². The number of aromatic nitrogens is 3. The second-order valence-electron chi connectivity index (χ2n) is 4.16. The van der Waals surface area contributed by atoms with Crippen LogP contribution in [0.3, 0.4) is 0 Å². The third-order valence-electron chi connectivity index (χ3n) is 2.68. The van der Waals surface area contributed by atoms with Crippen molar-refractivity contribution in [1.29, 1.82) is 0 Å². The molecular weight excluding hydrogens is 271 g/mol. The van der Waals surface area contributed by atoms with E-state index in [1.54, 1.807) is 10.7 Å². The van der Waals surface area contributed by atoms with Crippen LogP contribution in [0.5, 0.6) is 0 Å². The summed E-state index contributed by atoms with van der Waals surface area (Å²) in [6, 6.07) is 5.81. The second kappa shape index (κ2) is 5.69. The van der Waals surface area contributed by atoms with Crippen molar-refractivity contribution in [2.45, 2.75) is 19.5 Å². The van der Waals surface area contributed by atoms with Crippen LogP contribution >= 0.6 is 23.2 Å². The number of halogens is 2. The average Bonchev–Trinajstić information content (AvgIpc) is 2.75. The molecule has 0 aliphatic heterocycles. The molecule has 0 fully saturated rings. The predicted octanol–water partition coefficient (Wildman–Crippen LogP) is 2.97. The van der Waals surface area contributed by atoms with Crippen LogP contribution in [0.1, 0.15) is 24.2 Å². The lowest BCUT2D eigenvalue weighted by atomic mass is 10.1. The van der Waals surface area contributed by atoms with Crippen LogP contribution in [0.25, 0.3) is 0 Å². The SMILES string of the molecule is CC(NCc1cn(C)nn1)c1ccc(Cl)c(Cl)c1. The molecule has 1 unspecified atom stereocenters. The highest BCUT2D eigenvalue weighted by Gasteiger charge is 2.08. The van der Waals surface area contributed by atoms with Crippen LogP contribution in [0, 0.1) is 0 Å². The zero-order valence-electron chi connectivity index (χ0n) is 10.2. The summed E-state index contributed by atoms with van der Waals surface area (Å²) in [5, 5.41) is 12.4. The summed E-state index contributed by atoms with van der Waals surface area (Å²) < 4.78 is 1.68. The lowest BCUT2D eigenvalue weighted by Crippen LogP contribution is -2.18. The van der Waals surface area contributed by atoms with E-state index in [1.807, 2.05) is 25.4 Å². The number of hydrogen-bond acceptors (Lipinski definition) is 3. The van der Waals surface area contributed by atoms with Crippen LogP contribution in [-0.2, 0) is 13.6 Å². The van der Waals surface area contributed by atoms with Gasteiger partial charge in [-0.1, -0.05) is 34.5 Å². The van der Waals surface area contributed by atoms with Gasteiger partial charge >= 0.3 is 0 Å². The monoisotopic (exact) mass is 284 g/mol.